The number of para-hydroxylation sites is 1. The number of nitrogens with zero attached hydrogens (tertiary/aromatic N) is 4. The van der Waals surface area contributed by atoms with E-state index in [0.29, 0.717) is 22.8 Å². The van der Waals surface area contributed by atoms with E-state index in [0.717, 1.165) is 10.9 Å². The number of fused-ring (bicyclic) bond motifs is 1. The van der Waals surface area contributed by atoms with Crippen molar-refractivity contribution < 1.29 is 0 Å². The van der Waals surface area contributed by atoms with Gasteiger partial charge in [-0.1, -0.05) is 18.2 Å². The molecule has 2 aromatic heterocycles. The van der Waals surface area contributed by atoms with Gasteiger partial charge in [-0.3, -0.25) is 0 Å². The minimum Gasteiger partial charge on any atom is -0.384 e. The summed E-state index contributed by atoms with van der Waals surface area (Å²) in [6, 6.07) is 13.2. The van der Waals surface area contributed by atoms with Gasteiger partial charge in [0, 0.05) is 17.0 Å². The lowest BCUT2D eigenvalue weighted by Crippen LogP contribution is -1.96. The molecule has 0 aliphatic rings. The van der Waals surface area contributed by atoms with E-state index in [1.807, 2.05) is 30.3 Å². The second-order valence-corrected chi connectivity index (χ2v) is 4.02. The monoisotopic (exact) mass is 247 g/mol. The normalized spacial score (nSPS) is 10.3. The highest BCUT2D eigenvalue weighted by Gasteiger charge is 2.10. The first-order valence-corrected chi connectivity index (χ1v) is 5.66. The number of rotatable bonds is 1. The molecule has 0 aliphatic heterocycles. The zero-order valence-corrected chi connectivity index (χ0v) is 9.91. The van der Waals surface area contributed by atoms with Gasteiger partial charge in [0.25, 0.3) is 0 Å². The van der Waals surface area contributed by atoms with Crippen LogP contribution in [0.2, 0.25) is 0 Å². The van der Waals surface area contributed by atoms with Crippen LogP contribution in [0.4, 0.5) is 5.82 Å². The molecule has 0 saturated carbocycles. The number of benzene rings is 1. The lowest BCUT2D eigenvalue weighted by Gasteiger charge is -2.05. The quantitative estimate of drug-likeness (QED) is 0.711. The van der Waals surface area contributed by atoms with Gasteiger partial charge < -0.3 is 5.73 Å². The summed E-state index contributed by atoms with van der Waals surface area (Å²) in [4.78, 5) is 12.3. The van der Waals surface area contributed by atoms with Crippen molar-refractivity contribution in [1.29, 1.82) is 5.26 Å². The summed E-state index contributed by atoms with van der Waals surface area (Å²) in [5.74, 6) is 0.363. The van der Waals surface area contributed by atoms with Crippen molar-refractivity contribution in [2.75, 3.05) is 5.73 Å². The van der Waals surface area contributed by atoms with E-state index in [1.165, 1.54) is 6.33 Å². The molecule has 0 radical (unpaired) electrons. The standard InChI is InChI=1S/C14H9N5/c15-7-13-10(12-6-14(16)18-8-17-12)5-9-3-1-2-4-11(9)19-13/h1-6,8H,(H2,16,17,18). The first-order valence-electron chi connectivity index (χ1n) is 5.66. The Bertz CT molecular complexity index is 804. The van der Waals surface area contributed by atoms with Crippen LogP contribution in [-0.4, -0.2) is 15.0 Å². The third-order valence-electron chi connectivity index (χ3n) is 2.79. The number of nitrogens with two attached hydrogens (primary N) is 1. The molecule has 2 heterocycles. The molecule has 0 aliphatic carbocycles. The summed E-state index contributed by atoms with van der Waals surface area (Å²) in [6.07, 6.45) is 1.38. The van der Waals surface area contributed by atoms with Crippen molar-refractivity contribution in [1.82, 2.24) is 15.0 Å². The van der Waals surface area contributed by atoms with Crippen LogP contribution in [0.25, 0.3) is 22.2 Å². The summed E-state index contributed by atoms with van der Waals surface area (Å²) >= 11 is 0. The number of hydrogen-bond donors (Lipinski definition) is 1. The summed E-state index contributed by atoms with van der Waals surface area (Å²) in [5, 5.41) is 10.2. The van der Waals surface area contributed by atoms with Crippen LogP contribution in [0.5, 0.6) is 0 Å². The number of hydrogen-bond acceptors (Lipinski definition) is 5. The molecule has 5 nitrogen and oxygen atoms in total. The Morgan fingerprint density at radius 1 is 1.11 bits per heavy atom. The molecule has 19 heavy (non-hydrogen) atoms. The average Bonchev–Trinajstić information content (AvgIpc) is 2.46. The fraction of sp³-hybridized carbons (Fsp3) is 0. The second-order valence-electron chi connectivity index (χ2n) is 4.02. The van der Waals surface area contributed by atoms with Crippen molar-refractivity contribution in [2.24, 2.45) is 0 Å². The Kier molecular flexibility index (Phi) is 2.54. The maximum absolute atomic E-state index is 9.22. The van der Waals surface area contributed by atoms with Gasteiger partial charge in [-0.2, -0.15) is 5.26 Å². The largest absolute Gasteiger partial charge is 0.384 e. The first kappa shape index (κ1) is 11.1. The Morgan fingerprint density at radius 2 is 1.95 bits per heavy atom. The van der Waals surface area contributed by atoms with E-state index in [2.05, 4.69) is 21.0 Å². The van der Waals surface area contributed by atoms with E-state index in [9.17, 15) is 5.26 Å². The van der Waals surface area contributed by atoms with Gasteiger partial charge in [-0.05, 0) is 12.1 Å². The molecular weight excluding hydrogens is 238 g/mol. The second kappa shape index (κ2) is 4.35. The number of aromatic nitrogens is 3. The zero-order valence-electron chi connectivity index (χ0n) is 9.91. The minimum absolute atomic E-state index is 0.330. The molecule has 3 aromatic rings. The van der Waals surface area contributed by atoms with Gasteiger partial charge in [0.05, 0.1) is 11.2 Å². The van der Waals surface area contributed by atoms with Crippen LogP contribution >= 0.6 is 0 Å². The lowest BCUT2D eigenvalue weighted by atomic mass is 10.1. The Balaban J connectivity index is 2.31. The van der Waals surface area contributed by atoms with E-state index in [1.54, 1.807) is 6.07 Å². The molecular formula is C14H9N5. The smallest absolute Gasteiger partial charge is 0.150 e. The zero-order chi connectivity index (χ0) is 13.2. The van der Waals surface area contributed by atoms with Crippen molar-refractivity contribution in [3.05, 3.63) is 48.4 Å². The molecule has 3 rings (SSSR count). The predicted molar refractivity (Wildman–Crippen MR) is 71.9 cm³/mol. The van der Waals surface area contributed by atoms with Gasteiger partial charge in [0.2, 0.25) is 0 Å². The maximum Gasteiger partial charge on any atom is 0.150 e. The highest BCUT2D eigenvalue weighted by molar-refractivity contribution is 5.85. The van der Waals surface area contributed by atoms with Crippen LogP contribution in [0, 0.1) is 11.3 Å². The molecule has 0 atom stereocenters. The Morgan fingerprint density at radius 3 is 2.74 bits per heavy atom. The van der Waals surface area contributed by atoms with Crippen LogP contribution in [0.3, 0.4) is 0 Å². The lowest BCUT2D eigenvalue weighted by molar-refractivity contribution is 1.17. The molecule has 2 N–H and O–H groups in total. The van der Waals surface area contributed by atoms with Crippen LogP contribution in [-0.2, 0) is 0 Å². The summed E-state index contributed by atoms with van der Waals surface area (Å²) < 4.78 is 0. The van der Waals surface area contributed by atoms with Crippen molar-refractivity contribution in [3.63, 3.8) is 0 Å². The van der Waals surface area contributed by atoms with E-state index < -0.39 is 0 Å². The van der Waals surface area contributed by atoms with E-state index in [4.69, 9.17) is 5.73 Å². The molecule has 90 valence electrons. The number of nitrogen functional groups attached to an aromatic ring is 1. The Labute approximate surface area is 109 Å². The van der Waals surface area contributed by atoms with Crippen molar-refractivity contribution in [2.45, 2.75) is 0 Å². The fourth-order valence-corrected chi connectivity index (χ4v) is 1.92. The molecule has 0 amide bonds. The average molecular weight is 247 g/mol. The summed E-state index contributed by atoms with van der Waals surface area (Å²) in [6.45, 7) is 0. The van der Waals surface area contributed by atoms with Gasteiger partial charge in [-0.25, -0.2) is 15.0 Å². The SMILES string of the molecule is N#Cc1nc2ccccc2cc1-c1cc(N)ncn1. The number of pyridine rings is 1. The van der Waals surface area contributed by atoms with Crippen molar-refractivity contribution >= 4 is 16.7 Å². The van der Waals surface area contributed by atoms with Crippen LogP contribution in [0.1, 0.15) is 5.69 Å². The predicted octanol–water partition coefficient (Wildman–Crippen LogP) is 2.15. The molecule has 0 spiro atoms. The van der Waals surface area contributed by atoms with E-state index in [-0.39, 0.29) is 0 Å². The van der Waals surface area contributed by atoms with Gasteiger partial charge in [0.1, 0.15) is 18.2 Å². The van der Waals surface area contributed by atoms with Crippen molar-refractivity contribution in [3.8, 4) is 17.3 Å². The highest BCUT2D eigenvalue weighted by atomic mass is 14.9. The van der Waals surface area contributed by atoms with E-state index >= 15 is 0 Å². The van der Waals surface area contributed by atoms with Gasteiger partial charge >= 0.3 is 0 Å². The van der Waals surface area contributed by atoms with Gasteiger partial charge in [0.15, 0.2) is 5.69 Å². The third kappa shape index (κ3) is 1.96. The highest BCUT2D eigenvalue weighted by Crippen LogP contribution is 2.25. The summed E-state index contributed by atoms with van der Waals surface area (Å²) in [5.41, 5.74) is 8.02. The molecule has 0 unspecified atom stereocenters. The van der Waals surface area contributed by atoms with Crippen LogP contribution < -0.4 is 5.73 Å². The maximum atomic E-state index is 9.22. The molecule has 0 fully saturated rings. The van der Waals surface area contributed by atoms with Crippen LogP contribution in [0.15, 0.2) is 42.7 Å². The Hall–Kier alpha value is -3.00. The fourth-order valence-electron chi connectivity index (χ4n) is 1.92. The minimum atomic E-state index is 0.330. The first-order chi connectivity index (χ1) is 9.28. The topological polar surface area (TPSA) is 88.5 Å². The molecule has 1 aromatic carbocycles. The molecule has 0 bridgehead atoms. The third-order valence-corrected chi connectivity index (χ3v) is 2.79. The number of anilines is 1. The molecule has 5 heteroatoms. The molecule has 0 saturated heterocycles. The van der Waals surface area contributed by atoms with Gasteiger partial charge in [-0.15, -0.1) is 0 Å². The number of nitriles is 1. The summed E-state index contributed by atoms with van der Waals surface area (Å²) in [7, 11) is 0.